The van der Waals surface area contributed by atoms with E-state index in [9.17, 15) is 4.79 Å². The molecule has 2 N–H and O–H groups in total. The first-order valence-corrected chi connectivity index (χ1v) is 7.40. The molecule has 1 aliphatic rings. The summed E-state index contributed by atoms with van der Waals surface area (Å²) in [7, 11) is 0. The van der Waals surface area contributed by atoms with E-state index < -0.39 is 0 Å². The van der Waals surface area contributed by atoms with Crippen LogP contribution in [0.4, 0.5) is 0 Å². The van der Waals surface area contributed by atoms with Gasteiger partial charge in [0.05, 0.1) is 6.20 Å². The Morgan fingerprint density at radius 1 is 1.40 bits per heavy atom. The maximum absolute atomic E-state index is 12.3. The van der Waals surface area contributed by atoms with Crippen molar-refractivity contribution in [2.24, 2.45) is 0 Å². The Morgan fingerprint density at radius 3 is 3.10 bits per heavy atom. The molecule has 0 aliphatic heterocycles. The molecule has 0 fully saturated rings. The molecule has 20 heavy (non-hydrogen) atoms. The molecule has 0 radical (unpaired) electrons. The van der Waals surface area contributed by atoms with Gasteiger partial charge in [0.1, 0.15) is 4.70 Å². The molecule has 4 rings (SSSR count). The van der Waals surface area contributed by atoms with Gasteiger partial charge in [-0.2, -0.15) is 5.10 Å². The average Bonchev–Trinajstić information content (AvgIpc) is 3.08. The molecule has 100 valence electrons. The smallest absolute Gasteiger partial charge is 0.266 e. The number of nitrogens with one attached hydrogen (secondary N) is 2. The highest BCUT2D eigenvalue weighted by Crippen LogP contribution is 2.36. The van der Waals surface area contributed by atoms with Gasteiger partial charge in [-0.1, -0.05) is 6.08 Å². The number of aromatic amines is 2. The minimum absolute atomic E-state index is 0.00754. The molecule has 0 unspecified atom stereocenters. The fourth-order valence-corrected chi connectivity index (χ4v) is 3.89. The summed E-state index contributed by atoms with van der Waals surface area (Å²) in [6.07, 6.45) is 7.86. The summed E-state index contributed by atoms with van der Waals surface area (Å²) >= 11 is 1.53. The van der Waals surface area contributed by atoms with Crippen LogP contribution in [0.5, 0.6) is 0 Å². The fraction of sp³-hybridized carbons (Fsp3) is 0.200. The summed E-state index contributed by atoms with van der Waals surface area (Å²) in [5, 5.41) is 7.89. The van der Waals surface area contributed by atoms with E-state index in [-0.39, 0.29) is 5.56 Å². The monoisotopic (exact) mass is 283 g/mol. The van der Waals surface area contributed by atoms with Crippen LogP contribution in [0, 0.1) is 0 Å². The van der Waals surface area contributed by atoms with Gasteiger partial charge < -0.3 is 4.98 Å². The molecule has 0 saturated carbocycles. The Kier molecular flexibility index (Phi) is 2.44. The molecule has 3 heterocycles. The minimum atomic E-state index is 0.00754. The molecule has 1 aliphatic carbocycles. The highest BCUT2D eigenvalue weighted by molar-refractivity contribution is 7.22. The summed E-state index contributed by atoms with van der Waals surface area (Å²) in [6, 6.07) is 2.12. The summed E-state index contributed by atoms with van der Waals surface area (Å²) in [5.41, 5.74) is 4.48. The van der Waals surface area contributed by atoms with Gasteiger partial charge in [-0.15, -0.1) is 11.3 Å². The van der Waals surface area contributed by atoms with E-state index in [1.165, 1.54) is 22.5 Å². The Morgan fingerprint density at radius 2 is 2.30 bits per heavy atom. The maximum Gasteiger partial charge on any atom is 0.266 e. The third-order valence-electron chi connectivity index (χ3n) is 3.83. The minimum Gasteiger partial charge on any atom is -0.321 e. The van der Waals surface area contributed by atoms with Gasteiger partial charge in [0.15, 0.2) is 0 Å². The molecule has 3 aromatic rings. The van der Waals surface area contributed by atoms with Crippen LogP contribution in [0.15, 0.2) is 29.3 Å². The lowest BCUT2D eigenvalue weighted by Crippen LogP contribution is -2.12. The average molecular weight is 283 g/mol. The number of pyridine rings is 1. The second-order valence-electron chi connectivity index (χ2n) is 5.07. The second-order valence-corrected chi connectivity index (χ2v) is 6.13. The van der Waals surface area contributed by atoms with Gasteiger partial charge in [-0.25, -0.2) is 0 Å². The first-order chi connectivity index (χ1) is 9.74. The van der Waals surface area contributed by atoms with E-state index in [4.69, 9.17) is 0 Å². The summed E-state index contributed by atoms with van der Waals surface area (Å²) in [6.45, 7) is 2.06. The van der Waals surface area contributed by atoms with Crippen LogP contribution in [-0.2, 0) is 6.42 Å². The van der Waals surface area contributed by atoms with Gasteiger partial charge >= 0.3 is 0 Å². The Balaban J connectivity index is 2.06. The van der Waals surface area contributed by atoms with Gasteiger partial charge in [0, 0.05) is 27.7 Å². The predicted octanol–water partition coefficient (Wildman–Crippen LogP) is 3.33. The van der Waals surface area contributed by atoms with Crippen molar-refractivity contribution in [2.75, 3.05) is 0 Å². The number of nitrogens with zero attached hydrogens (tertiary/aromatic N) is 1. The quantitative estimate of drug-likeness (QED) is 0.719. The molecule has 5 heteroatoms. The summed E-state index contributed by atoms with van der Waals surface area (Å²) in [4.78, 5) is 16.4. The Labute approximate surface area is 119 Å². The van der Waals surface area contributed by atoms with Crippen LogP contribution < -0.4 is 5.56 Å². The van der Waals surface area contributed by atoms with Gasteiger partial charge in [-0.05, 0) is 37.0 Å². The van der Waals surface area contributed by atoms with E-state index in [1.807, 2.05) is 6.20 Å². The van der Waals surface area contributed by atoms with E-state index in [0.717, 1.165) is 39.1 Å². The van der Waals surface area contributed by atoms with Crippen molar-refractivity contribution >= 4 is 27.0 Å². The van der Waals surface area contributed by atoms with E-state index in [0.29, 0.717) is 0 Å². The van der Waals surface area contributed by atoms with Crippen LogP contribution >= 0.6 is 11.3 Å². The van der Waals surface area contributed by atoms with Crippen LogP contribution in [-0.4, -0.2) is 15.2 Å². The van der Waals surface area contributed by atoms with Crippen LogP contribution in [0.2, 0.25) is 0 Å². The van der Waals surface area contributed by atoms with Crippen LogP contribution in [0.3, 0.4) is 0 Å². The van der Waals surface area contributed by atoms with Crippen molar-refractivity contribution in [3.8, 4) is 10.4 Å². The Hall–Kier alpha value is -2.14. The molecule has 0 bridgehead atoms. The van der Waals surface area contributed by atoms with Gasteiger partial charge in [-0.3, -0.25) is 9.89 Å². The third-order valence-corrected chi connectivity index (χ3v) is 5.01. The van der Waals surface area contributed by atoms with Crippen molar-refractivity contribution in [1.29, 1.82) is 0 Å². The highest BCUT2D eigenvalue weighted by Gasteiger charge is 2.18. The van der Waals surface area contributed by atoms with Crippen molar-refractivity contribution in [3.05, 3.63) is 46.1 Å². The lowest BCUT2D eigenvalue weighted by atomic mass is 9.94. The molecule has 4 nitrogen and oxygen atoms in total. The Bertz CT molecular complexity index is 884. The van der Waals surface area contributed by atoms with E-state index >= 15 is 0 Å². The number of fused-ring (bicyclic) bond motifs is 3. The number of H-pyrrole nitrogens is 2. The topological polar surface area (TPSA) is 61.5 Å². The van der Waals surface area contributed by atoms with Crippen LogP contribution in [0.1, 0.15) is 24.6 Å². The van der Waals surface area contributed by atoms with Gasteiger partial charge in [0.25, 0.3) is 5.56 Å². The first-order valence-electron chi connectivity index (χ1n) is 6.59. The number of rotatable bonds is 1. The molecule has 0 saturated heterocycles. The number of hydrogen-bond donors (Lipinski definition) is 2. The predicted molar refractivity (Wildman–Crippen MR) is 82.0 cm³/mol. The van der Waals surface area contributed by atoms with Crippen molar-refractivity contribution in [3.63, 3.8) is 0 Å². The largest absolute Gasteiger partial charge is 0.321 e. The fourth-order valence-electron chi connectivity index (χ4n) is 2.82. The number of aryl methyl sites for hydroxylation is 1. The standard InChI is InChI=1S/C15H13N3OS/c1-8-3-2-4-10-11-5-12(9-6-16-17-7-9)20-14(11)15(19)18-13(8)10/h3,5-7H,2,4H2,1H3,(H,16,17)(H,18,19). The molecule has 0 atom stereocenters. The number of allylic oxidation sites excluding steroid dienone is 2. The SMILES string of the molecule is CC1=CCCc2c1[nH]c(=O)c1sc(-c3cn[nH]c3)cc21. The third kappa shape index (κ3) is 1.59. The maximum atomic E-state index is 12.3. The lowest BCUT2D eigenvalue weighted by Gasteiger charge is -2.15. The lowest BCUT2D eigenvalue weighted by molar-refractivity contribution is 0.961. The molecule has 0 amide bonds. The molecular formula is C15H13N3OS. The highest BCUT2D eigenvalue weighted by atomic mass is 32.1. The summed E-state index contributed by atoms with van der Waals surface area (Å²) in [5.74, 6) is 0. The molecule has 0 aromatic carbocycles. The zero-order chi connectivity index (χ0) is 13.7. The van der Waals surface area contributed by atoms with Gasteiger partial charge in [0.2, 0.25) is 0 Å². The molecular weight excluding hydrogens is 270 g/mol. The normalized spacial score (nSPS) is 14.3. The first kappa shape index (κ1) is 11.7. The van der Waals surface area contributed by atoms with E-state index in [2.05, 4.69) is 34.2 Å². The molecule has 0 spiro atoms. The number of hydrogen-bond acceptors (Lipinski definition) is 3. The molecule has 3 aromatic heterocycles. The van der Waals surface area contributed by atoms with E-state index in [1.54, 1.807) is 6.20 Å². The number of thiophene rings is 1. The van der Waals surface area contributed by atoms with Crippen LogP contribution in [0.25, 0.3) is 26.1 Å². The second kappa shape index (κ2) is 4.18. The van der Waals surface area contributed by atoms with Crippen molar-refractivity contribution in [2.45, 2.75) is 19.8 Å². The zero-order valence-corrected chi connectivity index (χ0v) is 11.8. The summed E-state index contributed by atoms with van der Waals surface area (Å²) < 4.78 is 0.814. The zero-order valence-electron chi connectivity index (χ0n) is 11.0. The van der Waals surface area contributed by atoms with Crippen molar-refractivity contribution < 1.29 is 0 Å². The number of aromatic nitrogens is 3. The van der Waals surface area contributed by atoms with Crippen molar-refractivity contribution in [1.82, 2.24) is 15.2 Å².